The molecular weight excluding hydrogens is 230 g/mol. The maximum absolute atomic E-state index is 6.18. The summed E-state index contributed by atoms with van der Waals surface area (Å²) in [6.45, 7) is 16.0. The van der Waals surface area contributed by atoms with E-state index in [4.69, 9.17) is 8.85 Å². The fourth-order valence-electron chi connectivity index (χ4n) is 1.25. The fourth-order valence-corrected chi connectivity index (χ4v) is 3.74. The van der Waals surface area contributed by atoms with E-state index in [1.807, 2.05) is 0 Å². The molecule has 17 heavy (non-hydrogen) atoms. The Morgan fingerprint density at radius 2 is 1.29 bits per heavy atom. The van der Waals surface area contributed by atoms with Crippen molar-refractivity contribution in [3.63, 3.8) is 0 Å². The fraction of sp³-hybridized carbons (Fsp3) is 1.00. The van der Waals surface area contributed by atoms with Crippen molar-refractivity contribution in [3.8, 4) is 0 Å². The molecule has 0 aromatic carbocycles. The molecule has 0 saturated heterocycles. The second kappa shape index (κ2) is 7.51. The van der Waals surface area contributed by atoms with Crippen LogP contribution in [0.25, 0.3) is 0 Å². The van der Waals surface area contributed by atoms with Crippen LogP contribution in [0.3, 0.4) is 0 Å². The average molecular weight is 261 g/mol. The molecule has 0 radical (unpaired) electrons. The number of hydrogen-bond acceptors (Lipinski definition) is 3. The lowest BCUT2D eigenvalue weighted by molar-refractivity contribution is 0.0131. The summed E-state index contributed by atoms with van der Waals surface area (Å²) < 4.78 is 12.4. The highest BCUT2D eigenvalue weighted by Gasteiger charge is 2.29. The van der Waals surface area contributed by atoms with Crippen LogP contribution in [0.1, 0.15) is 61.3 Å². The second-order valence-corrected chi connectivity index (χ2v) is 7.44. The van der Waals surface area contributed by atoms with Crippen LogP contribution in [0.15, 0.2) is 0 Å². The Labute approximate surface area is 109 Å². The first-order valence-electron chi connectivity index (χ1n) is 6.82. The quantitative estimate of drug-likeness (QED) is 0.647. The highest BCUT2D eigenvalue weighted by Crippen LogP contribution is 2.20. The van der Waals surface area contributed by atoms with Crippen molar-refractivity contribution in [1.82, 2.24) is 5.32 Å². The summed E-state index contributed by atoms with van der Waals surface area (Å²) >= 11 is 0. The molecule has 0 amide bonds. The van der Waals surface area contributed by atoms with E-state index in [1.54, 1.807) is 0 Å². The van der Waals surface area contributed by atoms with Crippen molar-refractivity contribution in [1.29, 1.82) is 0 Å². The van der Waals surface area contributed by atoms with Gasteiger partial charge in [-0.25, -0.2) is 0 Å². The molecule has 3 nitrogen and oxygen atoms in total. The van der Waals surface area contributed by atoms with Crippen molar-refractivity contribution in [2.75, 3.05) is 12.7 Å². The van der Waals surface area contributed by atoms with Crippen LogP contribution in [0.5, 0.6) is 0 Å². The van der Waals surface area contributed by atoms with Gasteiger partial charge in [-0.3, -0.25) is 0 Å². The molecule has 0 unspecified atom stereocenters. The highest BCUT2D eigenvalue weighted by atomic mass is 28.3. The maximum atomic E-state index is 6.18. The first kappa shape index (κ1) is 17.1. The molecule has 0 bridgehead atoms. The van der Waals surface area contributed by atoms with Gasteiger partial charge in [-0.1, -0.05) is 20.8 Å². The largest absolute Gasteiger partial charge is 0.391 e. The van der Waals surface area contributed by atoms with Crippen LogP contribution >= 0.6 is 0 Å². The molecule has 0 aliphatic heterocycles. The average Bonchev–Trinajstić information content (AvgIpc) is 2.25. The van der Waals surface area contributed by atoms with Crippen LogP contribution in [0.4, 0.5) is 0 Å². The summed E-state index contributed by atoms with van der Waals surface area (Å²) in [4.78, 5) is 0. The van der Waals surface area contributed by atoms with E-state index in [9.17, 15) is 0 Å². The number of hydrogen-bond donors (Lipinski definition) is 1. The first-order chi connectivity index (χ1) is 7.76. The molecule has 104 valence electrons. The van der Waals surface area contributed by atoms with Crippen molar-refractivity contribution in [2.24, 2.45) is 0 Å². The van der Waals surface area contributed by atoms with Crippen LogP contribution in [0, 0.1) is 0 Å². The third kappa shape index (κ3) is 7.92. The van der Waals surface area contributed by atoms with Gasteiger partial charge in [-0.15, -0.1) is 0 Å². The molecule has 0 fully saturated rings. The standard InChI is InChI=1S/C13H31NO2Si/c1-8-12(4,5)15-17(11-14-10-3)16-13(6,7)9-2/h14,17H,8-11H2,1-7H3. The SMILES string of the molecule is CCNC[SiH](OC(C)(C)CC)OC(C)(C)CC. The zero-order valence-electron chi connectivity index (χ0n) is 12.7. The zero-order chi connectivity index (χ0) is 13.5. The van der Waals surface area contributed by atoms with Gasteiger partial charge in [0.1, 0.15) is 0 Å². The van der Waals surface area contributed by atoms with E-state index in [-0.39, 0.29) is 11.2 Å². The second-order valence-electron chi connectivity index (χ2n) is 5.70. The van der Waals surface area contributed by atoms with Gasteiger partial charge in [0, 0.05) is 6.17 Å². The molecule has 0 aromatic rings. The maximum Gasteiger partial charge on any atom is 0.336 e. The lowest BCUT2D eigenvalue weighted by Crippen LogP contribution is -2.46. The highest BCUT2D eigenvalue weighted by molar-refractivity contribution is 6.44. The molecule has 0 heterocycles. The monoisotopic (exact) mass is 261 g/mol. The Balaban J connectivity index is 4.43. The van der Waals surface area contributed by atoms with Crippen molar-refractivity contribution < 1.29 is 8.85 Å². The summed E-state index contributed by atoms with van der Waals surface area (Å²) in [6, 6.07) is 0. The molecule has 0 saturated carbocycles. The van der Waals surface area contributed by atoms with Gasteiger partial charge < -0.3 is 14.2 Å². The molecule has 0 aromatic heterocycles. The van der Waals surface area contributed by atoms with E-state index >= 15 is 0 Å². The van der Waals surface area contributed by atoms with Gasteiger partial charge in [0.25, 0.3) is 0 Å². The molecule has 0 atom stereocenters. The molecule has 4 heteroatoms. The summed E-state index contributed by atoms with van der Waals surface area (Å²) in [6.07, 6.45) is 2.90. The van der Waals surface area contributed by atoms with Gasteiger partial charge in [0.05, 0.1) is 11.2 Å². The first-order valence-corrected chi connectivity index (χ1v) is 8.58. The smallest absolute Gasteiger partial charge is 0.336 e. The Kier molecular flexibility index (Phi) is 7.56. The van der Waals surface area contributed by atoms with Gasteiger partial charge in [0.15, 0.2) is 0 Å². The summed E-state index contributed by atoms with van der Waals surface area (Å²) in [5.74, 6) is 0. The molecular formula is C13H31NO2Si. The van der Waals surface area contributed by atoms with E-state index in [0.717, 1.165) is 25.6 Å². The third-order valence-electron chi connectivity index (χ3n) is 3.16. The van der Waals surface area contributed by atoms with Gasteiger partial charge >= 0.3 is 9.28 Å². The molecule has 0 aliphatic carbocycles. The third-order valence-corrected chi connectivity index (χ3v) is 5.59. The lowest BCUT2D eigenvalue weighted by atomic mass is 10.1. The van der Waals surface area contributed by atoms with Gasteiger partial charge in [0.2, 0.25) is 0 Å². The Bertz CT molecular complexity index is 190. The predicted octanol–water partition coefficient (Wildman–Crippen LogP) is 2.77. The zero-order valence-corrected chi connectivity index (χ0v) is 13.9. The molecule has 0 aliphatic rings. The minimum absolute atomic E-state index is 0.0733. The lowest BCUT2D eigenvalue weighted by Gasteiger charge is -2.34. The van der Waals surface area contributed by atoms with Gasteiger partial charge in [-0.2, -0.15) is 0 Å². The van der Waals surface area contributed by atoms with Crippen LogP contribution in [0.2, 0.25) is 0 Å². The minimum Gasteiger partial charge on any atom is -0.391 e. The van der Waals surface area contributed by atoms with E-state index < -0.39 is 9.28 Å². The van der Waals surface area contributed by atoms with Crippen molar-refractivity contribution in [2.45, 2.75) is 72.5 Å². The van der Waals surface area contributed by atoms with E-state index in [1.165, 1.54) is 0 Å². The normalized spacial score (nSPS) is 13.4. The van der Waals surface area contributed by atoms with E-state index in [0.29, 0.717) is 0 Å². The summed E-state index contributed by atoms with van der Waals surface area (Å²) in [5, 5.41) is 3.35. The minimum atomic E-state index is -1.65. The number of rotatable bonds is 9. The Morgan fingerprint density at radius 3 is 1.59 bits per heavy atom. The van der Waals surface area contributed by atoms with Crippen molar-refractivity contribution in [3.05, 3.63) is 0 Å². The summed E-state index contributed by atoms with van der Waals surface area (Å²) in [5.41, 5.74) is -0.147. The molecule has 0 rings (SSSR count). The van der Waals surface area contributed by atoms with Crippen LogP contribution in [-0.4, -0.2) is 33.2 Å². The van der Waals surface area contributed by atoms with Gasteiger partial charge in [-0.05, 0) is 47.1 Å². The van der Waals surface area contributed by atoms with Crippen LogP contribution < -0.4 is 5.32 Å². The van der Waals surface area contributed by atoms with Crippen molar-refractivity contribution >= 4 is 9.28 Å². The van der Waals surface area contributed by atoms with Crippen LogP contribution in [-0.2, 0) is 8.85 Å². The number of nitrogens with one attached hydrogen (secondary N) is 1. The predicted molar refractivity (Wildman–Crippen MR) is 76.6 cm³/mol. The Hall–Kier alpha value is 0.0969. The molecule has 0 spiro atoms. The molecule has 1 N–H and O–H groups in total. The van der Waals surface area contributed by atoms with E-state index in [2.05, 4.69) is 53.8 Å². The Morgan fingerprint density at radius 1 is 0.882 bits per heavy atom. The summed E-state index contributed by atoms with van der Waals surface area (Å²) in [7, 11) is -1.65. The topological polar surface area (TPSA) is 30.5 Å².